The highest BCUT2D eigenvalue weighted by atomic mass is 32.2. The highest BCUT2D eigenvalue weighted by Crippen LogP contribution is 2.24. The molecule has 27 heavy (non-hydrogen) atoms. The summed E-state index contributed by atoms with van der Waals surface area (Å²) in [5, 5.41) is 2.53. The summed E-state index contributed by atoms with van der Waals surface area (Å²) in [6, 6.07) is 9.07. The first-order valence-electron chi connectivity index (χ1n) is 8.24. The van der Waals surface area contributed by atoms with Crippen molar-refractivity contribution < 1.29 is 27.1 Å². The third-order valence-electron chi connectivity index (χ3n) is 4.06. The highest BCUT2D eigenvalue weighted by Gasteiger charge is 2.25. The smallest absolute Gasteiger partial charge is 0.259 e. The van der Waals surface area contributed by atoms with Crippen LogP contribution in [0.1, 0.15) is 16.8 Å². The van der Waals surface area contributed by atoms with Crippen LogP contribution in [0.15, 0.2) is 47.4 Å². The number of sulfonamides is 1. The lowest BCUT2D eigenvalue weighted by molar-refractivity contribution is 0.102. The van der Waals surface area contributed by atoms with Crippen molar-refractivity contribution in [2.75, 3.05) is 25.6 Å². The summed E-state index contributed by atoms with van der Waals surface area (Å²) < 4.78 is 51.3. The summed E-state index contributed by atoms with van der Waals surface area (Å²) in [6.07, 6.45) is 0.586. The molecule has 2 aromatic carbocycles. The number of ether oxygens (including phenoxy) is 2. The van der Waals surface area contributed by atoms with E-state index in [4.69, 9.17) is 9.47 Å². The lowest BCUT2D eigenvalue weighted by atomic mass is 10.2. The number of hydrogen-bond acceptors (Lipinski definition) is 5. The largest absolute Gasteiger partial charge is 0.496 e. The monoisotopic (exact) mass is 394 g/mol. The maximum atomic E-state index is 13.3. The van der Waals surface area contributed by atoms with E-state index < -0.39 is 21.7 Å². The van der Waals surface area contributed by atoms with Gasteiger partial charge in [0.25, 0.3) is 5.91 Å². The third kappa shape index (κ3) is 4.62. The second-order valence-corrected chi connectivity index (χ2v) is 7.72. The zero-order chi connectivity index (χ0) is 19.4. The van der Waals surface area contributed by atoms with Gasteiger partial charge in [-0.25, -0.2) is 17.5 Å². The predicted octanol–water partition coefficient (Wildman–Crippen LogP) is 2.15. The molecule has 1 aliphatic heterocycles. The SMILES string of the molecule is COc1ccc(S(=O)(=O)N[C@H]2CCOC2)cc1C(=O)Nc1cccc(F)c1. The molecule has 1 fully saturated rings. The Balaban J connectivity index is 1.87. The zero-order valence-corrected chi connectivity index (χ0v) is 15.4. The molecule has 7 nitrogen and oxygen atoms in total. The molecule has 2 N–H and O–H groups in total. The molecule has 0 radical (unpaired) electrons. The minimum Gasteiger partial charge on any atom is -0.496 e. The molecule has 1 heterocycles. The molecule has 1 aliphatic rings. The lowest BCUT2D eigenvalue weighted by Crippen LogP contribution is -2.35. The van der Waals surface area contributed by atoms with Gasteiger partial charge in [-0.2, -0.15) is 0 Å². The minimum absolute atomic E-state index is 0.0207. The second-order valence-electron chi connectivity index (χ2n) is 6.01. The fourth-order valence-corrected chi connectivity index (χ4v) is 3.99. The Morgan fingerprint density at radius 2 is 2.07 bits per heavy atom. The summed E-state index contributed by atoms with van der Waals surface area (Å²) in [6.45, 7) is 0.805. The summed E-state index contributed by atoms with van der Waals surface area (Å²) in [5.74, 6) is -0.912. The molecule has 1 amide bonds. The van der Waals surface area contributed by atoms with Gasteiger partial charge in [0.15, 0.2) is 0 Å². The van der Waals surface area contributed by atoms with Crippen LogP contribution in [0.4, 0.5) is 10.1 Å². The number of hydrogen-bond donors (Lipinski definition) is 2. The fraction of sp³-hybridized carbons (Fsp3) is 0.278. The third-order valence-corrected chi connectivity index (χ3v) is 5.58. The average Bonchev–Trinajstić information content (AvgIpc) is 3.13. The summed E-state index contributed by atoms with van der Waals surface area (Å²) in [7, 11) is -2.46. The molecule has 144 valence electrons. The molecule has 0 aromatic heterocycles. The number of benzene rings is 2. The molecular formula is C18H19FN2O5S. The number of carbonyl (C=O) groups is 1. The van der Waals surface area contributed by atoms with Gasteiger partial charge in [0.05, 0.1) is 24.2 Å². The number of halogens is 1. The Labute approximate surface area is 156 Å². The Hall–Kier alpha value is -2.49. The molecule has 1 atom stereocenters. The fourth-order valence-electron chi connectivity index (χ4n) is 2.71. The van der Waals surface area contributed by atoms with Gasteiger partial charge in [-0.1, -0.05) is 6.07 Å². The second kappa shape index (κ2) is 8.03. The van der Waals surface area contributed by atoms with Crippen LogP contribution in [0.5, 0.6) is 5.75 Å². The maximum Gasteiger partial charge on any atom is 0.259 e. The van der Waals surface area contributed by atoms with E-state index in [1.54, 1.807) is 0 Å². The van der Waals surface area contributed by atoms with Gasteiger partial charge in [-0.05, 0) is 42.8 Å². The van der Waals surface area contributed by atoms with Gasteiger partial charge in [0.1, 0.15) is 11.6 Å². The van der Waals surface area contributed by atoms with Crippen LogP contribution in [0.3, 0.4) is 0 Å². The number of methoxy groups -OCH3 is 1. The molecule has 9 heteroatoms. The number of anilines is 1. The lowest BCUT2D eigenvalue weighted by Gasteiger charge is -2.14. The molecular weight excluding hydrogens is 375 g/mol. The molecule has 0 bridgehead atoms. The van der Waals surface area contributed by atoms with Crippen molar-refractivity contribution in [3.8, 4) is 5.75 Å². The van der Waals surface area contributed by atoms with Crippen molar-refractivity contribution in [2.24, 2.45) is 0 Å². The normalized spacial score (nSPS) is 16.9. The van der Waals surface area contributed by atoms with Crippen molar-refractivity contribution >= 4 is 21.6 Å². The summed E-state index contributed by atoms with van der Waals surface area (Å²) in [4.78, 5) is 12.5. The Morgan fingerprint density at radius 3 is 2.74 bits per heavy atom. The molecule has 2 aromatic rings. The van der Waals surface area contributed by atoms with Crippen LogP contribution in [0.2, 0.25) is 0 Å². The Morgan fingerprint density at radius 1 is 1.26 bits per heavy atom. The van der Waals surface area contributed by atoms with Gasteiger partial charge < -0.3 is 14.8 Å². The zero-order valence-electron chi connectivity index (χ0n) is 14.6. The Bertz CT molecular complexity index is 943. The Kier molecular flexibility index (Phi) is 5.73. The van der Waals surface area contributed by atoms with Crippen molar-refractivity contribution in [3.05, 3.63) is 53.8 Å². The van der Waals surface area contributed by atoms with E-state index >= 15 is 0 Å². The van der Waals surface area contributed by atoms with Crippen LogP contribution in [0, 0.1) is 5.82 Å². The van der Waals surface area contributed by atoms with E-state index in [1.807, 2.05) is 0 Å². The van der Waals surface area contributed by atoms with Crippen molar-refractivity contribution in [2.45, 2.75) is 17.4 Å². The van der Waals surface area contributed by atoms with Crippen molar-refractivity contribution in [1.82, 2.24) is 4.72 Å². The predicted molar refractivity (Wildman–Crippen MR) is 96.9 cm³/mol. The topological polar surface area (TPSA) is 93.7 Å². The maximum absolute atomic E-state index is 13.3. The first kappa shape index (κ1) is 19.3. The van der Waals surface area contributed by atoms with E-state index in [0.29, 0.717) is 19.6 Å². The van der Waals surface area contributed by atoms with Gasteiger partial charge in [0, 0.05) is 18.3 Å². The van der Waals surface area contributed by atoms with Gasteiger partial charge in [-0.3, -0.25) is 4.79 Å². The average molecular weight is 394 g/mol. The van der Waals surface area contributed by atoms with E-state index in [0.717, 1.165) is 6.07 Å². The number of amides is 1. The molecule has 0 aliphatic carbocycles. The van der Waals surface area contributed by atoms with Crippen LogP contribution in [0.25, 0.3) is 0 Å². The van der Waals surface area contributed by atoms with E-state index in [-0.39, 0.29) is 27.9 Å². The van der Waals surface area contributed by atoms with Gasteiger partial charge >= 0.3 is 0 Å². The molecule has 3 rings (SSSR count). The van der Waals surface area contributed by atoms with Crippen LogP contribution in [-0.4, -0.2) is 40.7 Å². The number of carbonyl (C=O) groups excluding carboxylic acids is 1. The minimum atomic E-state index is -3.83. The van der Waals surface area contributed by atoms with Crippen LogP contribution < -0.4 is 14.8 Å². The van der Waals surface area contributed by atoms with Crippen molar-refractivity contribution in [1.29, 1.82) is 0 Å². The molecule has 1 saturated heterocycles. The first-order chi connectivity index (χ1) is 12.9. The summed E-state index contributed by atoms with van der Waals surface area (Å²) in [5.41, 5.74) is 0.267. The summed E-state index contributed by atoms with van der Waals surface area (Å²) >= 11 is 0. The first-order valence-corrected chi connectivity index (χ1v) is 9.72. The molecule has 0 spiro atoms. The quantitative estimate of drug-likeness (QED) is 0.783. The van der Waals surface area contributed by atoms with E-state index in [9.17, 15) is 17.6 Å². The number of nitrogens with one attached hydrogen (secondary N) is 2. The highest BCUT2D eigenvalue weighted by molar-refractivity contribution is 7.89. The van der Waals surface area contributed by atoms with E-state index in [2.05, 4.69) is 10.0 Å². The van der Waals surface area contributed by atoms with Crippen LogP contribution >= 0.6 is 0 Å². The molecule has 0 unspecified atom stereocenters. The standard InChI is InChI=1S/C18H19FN2O5S/c1-25-17-6-5-15(27(23,24)21-14-7-8-26-11-14)10-16(17)18(22)20-13-4-2-3-12(19)9-13/h2-6,9-10,14,21H,7-8,11H2,1H3,(H,20,22)/t14-/m0/s1. The van der Waals surface area contributed by atoms with Crippen molar-refractivity contribution in [3.63, 3.8) is 0 Å². The molecule has 0 saturated carbocycles. The van der Waals surface area contributed by atoms with Gasteiger partial charge in [0.2, 0.25) is 10.0 Å². The van der Waals surface area contributed by atoms with E-state index in [1.165, 1.54) is 43.5 Å². The van der Waals surface area contributed by atoms with Gasteiger partial charge in [-0.15, -0.1) is 0 Å². The number of rotatable bonds is 6. The van der Waals surface area contributed by atoms with Crippen LogP contribution in [-0.2, 0) is 14.8 Å².